The normalized spacial score (nSPS) is 16.9. The summed E-state index contributed by atoms with van der Waals surface area (Å²) in [5, 5.41) is 8.13. The summed E-state index contributed by atoms with van der Waals surface area (Å²) in [5.74, 6) is 0. The average Bonchev–Trinajstić information content (AvgIpc) is 2.34. The van der Waals surface area contributed by atoms with E-state index in [1.807, 2.05) is 11.0 Å². The van der Waals surface area contributed by atoms with E-state index >= 15 is 0 Å². The van der Waals surface area contributed by atoms with Crippen LogP contribution in [0.1, 0.15) is 12.8 Å². The molecular formula is C7H9LiN2. The van der Waals surface area contributed by atoms with Crippen LogP contribution in [0.4, 0.5) is 0 Å². The molecule has 0 amide bonds. The fourth-order valence-corrected chi connectivity index (χ4v) is 0.966. The molecule has 0 aromatic heterocycles. The van der Waals surface area contributed by atoms with Crippen molar-refractivity contribution < 1.29 is 18.9 Å². The summed E-state index contributed by atoms with van der Waals surface area (Å²) in [6, 6.07) is 1.92. The van der Waals surface area contributed by atoms with Crippen molar-refractivity contribution in [1.29, 1.82) is 5.26 Å². The van der Waals surface area contributed by atoms with Crippen LogP contribution in [-0.2, 0) is 0 Å². The first-order chi connectivity index (χ1) is 4.43. The van der Waals surface area contributed by atoms with E-state index in [-0.39, 0.29) is 18.9 Å². The molecule has 1 aliphatic rings. The quantitative estimate of drug-likeness (QED) is 0.230. The molecule has 0 bridgehead atoms. The predicted octanol–water partition coefficient (Wildman–Crippen LogP) is -2.07. The fraction of sp³-hybridized carbons (Fsp3) is 0.571. The molecular weight excluding hydrogens is 119 g/mol. The molecule has 1 heterocycles. The van der Waals surface area contributed by atoms with E-state index in [4.69, 9.17) is 5.26 Å². The van der Waals surface area contributed by atoms with Crippen LogP contribution in [0.15, 0.2) is 6.08 Å². The smallest absolute Gasteiger partial charge is 0.463 e. The van der Waals surface area contributed by atoms with Crippen molar-refractivity contribution >= 4 is 0 Å². The first-order valence-electron chi connectivity index (χ1n) is 3.16. The third-order valence-electron chi connectivity index (χ3n) is 1.42. The zero-order valence-electron chi connectivity index (χ0n) is 6.30. The Morgan fingerprint density at radius 3 is 2.50 bits per heavy atom. The summed E-state index contributed by atoms with van der Waals surface area (Å²) in [6.45, 7) is 2.14. The summed E-state index contributed by atoms with van der Waals surface area (Å²) in [7, 11) is 0. The molecule has 0 saturated carbocycles. The van der Waals surface area contributed by atoms with Crippen LogP contribution < -0.4 is 18.9 Å². The Labute approximate surface area is 73.7 Å². The van der Waals surface area contributed by atoms with E-state index in [1.165, 1.54) is 18.9 Å². The molecule has 1 saturated heterocycles. The molecule has 0 unspecified atom stereocenters. The molecule has 0 atom stereocenters. The Balaban J connectivity index is 0.000000810. The van der Waals surface area contributed by atoms with Gasteiger partial charge in [0.25, 0.3) is 0 Å². The van der Waals surface area contributed by atoms with E-state index < -0.39 is 0 Å². The van der Waals surface area contributed by atoms with Crippen LogP contribution in [0.25, 0.3) is 0 Å². The standard InChI is InChI=1S/C7H9N2.Li/c8-4-3-7-9-5-1-2-6-9;/h3H,1-2,5-6H2;/q-1;+1. The number of likely N-dealkylation sites (tertiary alicyclic amines) is 1. The van der Waals surface area contributed by atoms with E-state index in [9.17, 15) is 0 Å². The molecule has 2 nitrogen and oxygen atoms in total. The Kier molecular flexibility index (Phi) is 5.21. The molecule has 0 aromatic rings. The molecule has 3 heteroatoms. The molecule has 1 rings (SSSR count). The molecule has 0 N–H and O–H groups in total. The van der Waals surface area contributed by atoms with Crippen molar-refractivity contribution in [1.82, 2.24) is 4.90 Å². The third-order valence-corrected chi connectivity index (χ3v) is 1.42. The molecule has 0 aromatic carbocycles. The minimum absolute atomic E-state index is 0. The van der Waals surface area contributed by atoms with Gasteiger partial charge in [0.15, 0.2) is 0 Å². The number of allylic oxidation sites excluding steroid dienone is 1. The Morgan fingerprint density at radius 2 is 2.00 bits per heavy atom. The van der Waals surface area contributed by atoms with Gasteiger partial charge in [-0.15, -0.1) is 6.07 Å². The van der Waals surface area contributed by atoms with Crippen LogP contribution in [0.3, 0.4) is 0 Å². The van der Waals surface area contributed by atoms with Crippen molar-refractivity contribution in [2.24, 2.45) is 0 Å². The van der Waals surface area contributed by atoms with Gasteiger partial charge in [0.1, 0.15) is 0 Å². The van der Waals surface area contributed by atoms with E-state index in [1.54, 1.807) is 0 Å². The molecule has 0 spiro atoms. The van der Waals surface area contributed by atoms with Gasteiger partial charge in [-0.05, 0) is 25.9 Å². The summed E-state index contributed by atoms with van der Waals surface area (Å²) >= 11 is 0. The largest absolute Gasteiger partial charge is 1.00 e. The average molecular weight is 128 g/mol. The molecule has 1 aliphatic heterocycles. The number of hydrogen-bond donors (Lipinski definition) is 0. The maximum atomic E-state index is 8.13. The number of rotatable bonds is 1. The molecule has 10 heavy (non-hydrogen) atoms. The number of nitrogens with zero attached hydrogens (tertiary/aromatic N) is 2. The van der Waals surface area contributed by atoms with Crippen molar-refractivity contribution in [2.45, 2.75) is 12.8 Å². The first-order valence-corrected chi connectivity index (χ1v) is 3.16. The van der Waals surface area contributed by atoms with Gasteiger partial charge in [-0.25, -0.2) is 0 Å². The molecule has 0 aliphatic carbocycles. The minimum atomic E-state index is 0. The Morgan fingerprint density at radius 1 is 1.40 bits per heavy atom. The topological polar surface area (TPSA) is 27.0 Å². The van der Waals surface area contributed by atoms with Crippen molar-refractivity contribution in [3.8, 4) is 6.07 Å². The van der Waals surface area contributed by atoms with E-state index in [0.717, 1.165) is 13.1 Å². The maximum absolute atomic E-state index is 8.13. The van der Waals surface area contributed by atoms with Crippen LogP contribution in [0.2, 0.25) is 0 Å². The van der Waals surface area contributed by atoms with E-state index in [2.05, 4.69) is 6.20 Å². The van der Waals surface area contributed by atoms with Gasteiger partial charge in [0, 0.05) is 0 Å². The molecule has 0 radical (unpaired) electrons. The summed E-state index contributed by atoms with van der Waals surface area (Å²) in [6.07, 6.45) is 6.77. The first kappa shape index (κ1) is 9.63. The SMILES string of the molecule is N#CC=[C-]N1CCCC1.[Li+]. The summed E-state index contributed by atoms with van der Waals surface area (Å²) < 4.78 is 0. The second-order valence-corrected chi connectivity index (χ2v) is 2.10. The fourth-order valence-electron chi connectivity index (χ4n) is 0.966. The minimum Gasteiger partial charge on any atom is -0.463 e. The van der Waals surface area contributed by atoms with Crippen molar-refractivity contribution in [3.63, 3.8) is 0 Å². The van der Waals surface area contributed by atoms with Gasteiger partial charge < -0.3 is 10.2 Å². The van der Waals surface area contributed by atoms with E-state index in [0.29, 0.717) is 0 Å². The summed E-state index contributed by atoms with van der Waals surface area (Å²) in [4.78, 5) is 2.04. The zero-order valence-corrected chi connectivity index (χ0v) is 6.30. The van der Waals surface area contributed by atoms with Crippen LogP contribution in [-0.4, -0.2) is 18.0 Å². The van der Waals surface area contributed by atoms with Gasteiger partial charge >= 0.3 is 18.9 Å². The number of nitriles is 1. The number of hydrogen-bond acceptors (Lipinski definition) is 2. The summed E-state index contributed by atoms with van der Waals surface area (Å²) in [5.41, 5.74) is 0. The van der Waals surface area contributed by atoms with Gasteiger partial charge in [-0.3, -0.25) is 0 Å². The molecule has 48 valence electrons. The second-order valence-electron chi connectivity index (χ2n) is 2.10. The predicted molar refractivity (Wildman–Crippen MR) is 34.2 cm³/mol. The third kappa shape index (κ3) is 2.97. The van der Waals surface area contributed by atoms with Gasteiger partial charge in [-0.1, -0.05) is 0 Å². The van der Waals surface area contributed by atoms with Crippen molar-refractivity contribution in [2.75, 3.05) is 13.1 Å². The second kappa shape index (κ2) is 5.42. The Bertz CT molecular complexity index is 142. The van der Waals surface area contributed by atoms with Gasteiger partial charge in [0.2, 0.25) is 0 Å². The Hall–Kier alpha value is -0.373. The van der Waals surface area contributed by atoms with Gasteiger partial charge in [0.05, 0.1) is 0 Å². The maximum Gasteiger partial charge on any atom is 1.00 e. The van der Waals surface area contributed by atoms with Crippen LogP contribution in [0.5, 0.6) is 0 Å². The van der Waals surface area contributed by atoms with Gasteiger partial charge in [-0.2, -0.15) is 12.3 Å². The monoisotopic (exact) mass is 128 g/mol. The van der Waals surface area contributed by atoms with Crippen molar-refractivity contribution in [3.05, 3.63) is 12.3 Å². The zero-order chi connectivity index (χ0) is 6.53. The van der Waals surface area contributed by atoms with Crippen LogP contribution >= 0.6 is 0 Å². The molecule has 1 fully saturated rings. The van der Waals surface area contributed by atoms with Crippen LogP contribution in [0, 0.1) is 17.5 Å².